The minimum absolute atomic E-state index is 0.135. The van der Waals surface area contributed by atoms with Gasteiger partial charge in [-0.2, -0.15) is 0 Å². The third-order valence-corrected chi connectivity index (χ3v) is 5.48. The molecule has 0 unspecified atom stereocenters. The Morgan fingerprint density at radius 1 is 0.389 bits per heavy atom. The van der Waals surface area contributed by atoms with Crippen molar-refractivity contribution < 1.29 is 38.0 Å². The fourth-order valence-electron chi connectivity index (χ4n) is 3.35. The number of carbonyl (C=O) groups excluding carboxylic acids is 1. The van der Waals surface area contributed by atoms with Gasteiger partial charge in [-0.25, -0.2) is 0 Å². The summed E-state index contributed by atoms with van der Waals surface area (Å²) < 4.78 is 38.0. The van der Waals surface area contributed by atoms with Crippen molar-refractivity contribution in [2.24, 2.45) is 0 Å². The number of hydrogen-bond acceptors (Lipinski definition) is 8. The third kappa shape index (κ3) is 31.3. The zero-order chi connectivity index (χ0) is 26.2. The van der Waals surface area contributed by atoms with E-state index in [9.17, 15) is 4.79 Å². The minimum Gasteiger partial charge on any atom is -0.463 e. The van der Waals surface area contributed by atoms with Crippen LogP contribution in [0.15, 0.2) is 0 Å². The summed E-state index contributed by atoms with van der Waals surface area (Å²) in [6.45, 7) is 11.4. The highest BCUT2D eigenvalue weighted by Gasteiger charge is 2.02. The zero-order valence-corrected chi connectivity index (χ0v) is 23.4. The van der Waals surface area contributed by atoms with Gasteiger partial charge in [0.25, 0.3) is 0 Å². The van der Waals surface area contributed by atoms with E-state index >= 15 is 0 Å². The molecule has 216 valence electrons. The Morgan fingerprint density at radius 3 is 1.17 bits per heavy atom. The summed E-state index contributed by atoms with van der Waals surface area (Å²) in [6.07, 6.45) is 13.8. The molecule has 0 heterocycles. The molecule has 0 atom stereocenters. The van der Waals surface area contributed by atoms with Crippen LogP contribution in [0.3, 0.4) is 0 Å². The van der Waals surface area contributed by atoms with E-state index in [1.807, 2.05) is 0 Å². The maximum Gasteiger partial charge on any atom is 0.305 e. The Bertz CT molecular complexity index is 422. The van der Waals surface area contributed by atoms with Crippen LogP contribution in [0.4, 0.5) is 0 Å². The van der Waals surface area contributed by atoms with Crippen molar-refractivity contribution in [1.82, 2.24) is 0 Å². The summed E-state index contributed by atoms with van der Waals surface area (Å²) in [5, 5.41) is 0. The number of unbranched alkanes of at least 4 members (excludes halogenated alkanes) is 9. The maximum absolute atomic E-state index is 11.6. The molecular formula is C28H56O8. The Morgan fingerprint density at radius 2 is 0.722 bits per heavy atom. The molecule has 0 rings (SSSR count). The highest BCUT2D eigenvalue weighted by Crippen LogP contribution is 2.06. The monoisotopic (exact) mass is 520 g/mol. The summed E-state index contributed by atoms with van der Waals surface area (Å²) >= 11 is 0. The maximum atomic E-state index is 11.6. The molecule has 0 saturated carbocycles. The van der Waals surface area contributed by atoms with E-state index in [-0.39, 0.29) is 5.97 Å². The van der Waals surface area contributed by atoms with Crippen molar-refractivity contribution in [3.63, 3.8) is 0 Å². The van der Waals surface area contributed by atoms with Gasteiger partial charge in [-0.05, 0) is 12.8 Å². The number of ether oxygens (including phenoxy) is 7. The third-order valence-electron chi connectivity index (χ3n) is 5.48. The summed E-state index contributed by atoms with van der Waals surface area (Å²) in [7, 11) is 0. The van der Waals surface area contributed by atoms with Crippen LogP contribution in [0.2, 0.25) is 0 Å². The van der Waals surface area contributed by atoms with Crippen molar-refractivity contribution in [2.75, 3.05) is 85.9 Å². The van der Waals surface area contributed by atoms with E-state index < -0.39 is 0 Å². The van der Waals surface area contributed by atoms with Gasteiger partial charge in [-0.15, -0.1) is 0 Å². The lowest BCUT2D eigenvalue weighted by Gasteiger charge is -2.08. The van der Waals surface area contributed by atoms with Gasteiger partial charge in [0, 0.05) is 13.0 Å². The topological polar surface area (TPSA) is 81.7 Å². The SMILES string of the molecule is CCCCCCCCOCCOCCOCCOCCOCCOCCOC(=O)CCCCCCC. The number of esters is 1. The first-order valence-corrected chi connectivity index (χ1v) is 14.4. The fraction of sp³-hybridized carbons (Fsp3) is 0.964. The van der Waals surface area contributed by atoms with Gasteiger partial charge >= 0.3 is 5.97 Å². The normalized spacial score (nSPS) is 11.3. The molecule has 36 heavy (non-hydrogen) atoms. The van der Waals surface area contributed by atoms with Crippen LogP contribution in [-0.4, -0.2) is 91.9 Å². The zero-order valence-electron chi connectivity index (χ0n) is 23.4. The molecule has 8 heteroatoms. The van der Waals surface area contributed by atoms with Crippen LogP contribution < -0.4 is 0 Å². The van der Waals surface area contributed by atoms with Gasteiger partial charge in [-0.1, -0.05) is 71.6 Å². The Labute approximate surface area is 221 Å². The second-order valence-corrected chi connectivity index (χ2v) is 8.83. The molecule has 0 radical (unpaired) electrons. The molecule has 0 aromatic rings. The van der Waals surface area contributed by atoms with Crippen molar-refractivity contribution >= 4 is 5.97 Å². The predicted molar refractivity (Wildman–Crippen MR) is 143 cm³/mol. The first-order valence-electron chi connectivity index (χ1n) is 14.4. The van der Waals surface area contributed by atoms with E-state index in [1.54, 1.807) is 0 Å². The largest absolute Gasteiger partial charge is 0.463 e. The molecular weight excluding hydrogens is 464 g/mol. The molecule has 0 amide bonds. The standard InChI is InChI=1S/C28H56O8/c1-3-5-7-9-11-13-15-30-16-17-31-18-19-32-20-21-33-22-23-34-24-25-35-26-27-36-28(29)14-12-10-8-6-4-2/h3-27H2,1-2H3. The first kappa shape index (κ1) is 35.2. The van der Waals surface area contributed by atoms with Gasteiger partial charge in [0.2, 0.25) is 0 Å². The van der Waals surface area contributed by atoms with Crippen LogP contribution in [0.25, 0.3) is 0 Å². The summed E-state index contributed by atoms with van der Waals surface area (Å²) in [4.78, 5) is 11.6. The quantitative estimate of drug-likeness (QED) is 0.0894. The second kappa shape index (κ2) is 32.3. The van der Waals surface area contributed by atoms with E-state index in [0.717, 1.165) is 25.9 Å². The predicted octanol–water partition coefficient (Wildman–Crippen LogP) is 5.35. The van der Waals surface area contributed by atoms with Crippen LogP contribution >= 0.6 is 0 Å². The smallest absolute Gasteiger partial charge is 0.305 e. The molecule has 0 aliphatic heterocycles. The molecule has 0 fully saturated rings. The molecule has 0 saturated heterocycles. The summed E-state index contributed by atoms with van der Waals surface area (Å²) in [5.41, 5.74) is 0. The Balaban J connectivity index is 3.08. The highest BCUT2D eigenvalue weighted by molar-refractivity contribution is 5.69. The molecule has 0 aliphatic rings. The average molecular weight is 521 g/mol. The molecule has 0 aromatic heterocycles. The fourth-order valence-corrected chi connectivity index (χ4v) is 3.35. The van der Waals surface area contributed by atoms with Gasteiger partial charge < -0.3 is 33.2 Å². The van der Waals surface area contributed by atoms with Crippen molar-refractivity contribution in [1.29, 1.82) is 0 Å². The molecule has 0 spiro atoms. The van der Waals surface area contributed by atoms with Gasteiger partial charge in [0.05, 0.1) is 72.7 Å². The van der Waals surface area contributed by atoms with E-state index in [2.05, 4.69) is 13.8 Å². The molecule has 0 N–H and O–H groups in total. The summed E-state index contributed by atoms with van der Waals surface area (Å²) in [6, 6.07) is 0. The molecule has 0 aromatic carbocycles. The van der Waals surface area contributed by atoms with Gasteiger partial charge in [0.15, 0.2) is 0 Å². The number of carbonyl (C=O) groups is 1. The second-order valence-electron chi connectivity index (χ2n) is 8.83. The Hall–Kier alpha value is -0.770. The van der Waals surface area contributed by atoms with E-state index in [4.69, 9.17) is 33.2 Å². The van der Waals surface area contributed by atoms with E-state index in [1.165, 1.54) is 51.4 Å². The van der Waals surface area contributed by atoms with Crippen molar-refractivity contribution in [3.05, 3.63) is 0 Å². The lowest BCUT2D eigenvalue weighted by Crippen LogP contribution is -2.15. The lowest BCUT2D eigenvalue weighted by atomic mass is 10.1. The van der Waals surface area contributed by atoms with Crippen LogP contribution in [-0.2, 0) is 38.0 Å². The molecule has 0 bridgehead atoms. The van der Waals surface area contributed by atoms with Crippen LogP contribution in [0.5, 0.6) is 0 Å². The van der Waals surface area contributed by atoms with Gasteiger partial charge in [-0.3, -0.25) is 4.79 Å². The number of rotatable bonds is 31. The average Bonchev–Trinajstić information content (AvgIpc) is 2.88. The molecule has 0 aliphatic carbocycles. The highest BCUT2D eigenvalue weighted by atomic mass is 16.6. The van der Waals surface area contributed by atoms with Crippen LogP contribution in [0.1, 0.15) is 90.9 Å². The van der Waals surface area contributed by atoms with E-state index in [0.29, 0.717) is 85.7 Å². The van der Waals surface area contributed by atoms with Gasteiger partial charge in [0.1, 0.15) is 6.61 Å². The number of hydrogen-bond donors (Lipinski definition) is 0. The minimum atomic E-state index is -0.135. The van der Waals surface area contributed by atoms with Crippen LogP contribution in [0, 0.1) is 0 Å². The van der Waals surface area contributed by atoms with Crippen molar-refractivity contribution in [3.8, 4) is 0 Å². The summed E-state index contributed by atoms with van der Waals surface area (Å²) in [5.74, 6) is -0.135. The van der Waals surface area contributed by atoms with Crippen molar-refractivity contribution in [2.45, 2.75) is 90.9 Å². The molecule has 8 nitrogen and oxygen atoms in total. The Kier molecular flexibility index (Phi) is 31.6. The lowest BCUT2D eigenvalue weighted by molar-refractivity contribution is -0.145. The first-order chi connectivity index (χ1) is 17.8.